The van der Waals surface area contributed by atoms with Gasteiger partial charge in [-0.1, -0.05) is 23.2 Å². The second-order valence-electron chi connectivity index (χ2n) is 4.89. The molecule has 1 atom stereocenters. The Kier molecular flexibility index (Phi) is 5.91. The minimum absolute atomic E-state index is 0.0729. The summed E-state index contributed by atoms with van der Waals surface area (Å²) in [6, 6.07) is 7.92. The smallest absolute Gasteiger partial charge is 0.126 e. The molecule has 0 fully saturated rings. The minimum atomic E-state index is -1.03. The summed E-state index contributed by atoms with van der Waals surface area (Å²) in [5.74, 6) is -1.33. The normalized spacial score (nSPS) is 12.0. The number of aliphatic hydroxyl groups excluding tert-OH is 1. The van der Waals surface area contributed by atoms with Crippen molar-refractivity contribution in [1.82, 2.24) is 5.32 Å². The maximum absolute atomic E-state index is 13.1. The van der Waals surface area contributed by atoms with Gasteiger partial charge in [0.1, 0.15) is 11.6 Å². The largest absolute Gasteiger partial charge is 0.387 e. The van der Waals surface area contributed by atoms with Gasteiger partial charge in [-0.15, -0.1) is 0 Å². The first-order valence-corrected chi connectivity index (χ1v) is 7.39. The molecule has 120 valence electrons. The lowest BCUT2D eigenvalue weighted by Crippen LogP contribution is -2.21. The van der Waals surface area contributed by atoms with Crippen molar-refractivity contribution >= 4 is 23.2 Å². The van der Waals surface area contributed by atoms with E-state index in [1.54, 1.807) is 0 Å². The van der Waals surface area contributed by atoms with Crippen molar-refractivity contribution in [2.45, 2.75) is 12.6 Å². The molecule has 7 heteroatoms. The number of nitriles is 1. The molecular formula is C16H12Cl2F2N2O. The van der Waals surface area contributed by atoms with Crippen LogP contribution in [0.25, 0.3) is 0 Å². The molecule has 1 unspecified atom stereocenters. The number of aliphatic hydroxyl groups is 1. The van der Waals surface area contributed by atoms with E-state index in [1.165, 1.54) is 24.3 Å². The summed E-state index contributed by atoms with van der Waals surface area (Å²) >= 11 is 12.0. The number of benzene rings is 2. The summed E-state index contributed by atoms with van der Waals surface area (Å²) < 4.78 is 26.2. The highest BCUT2D eigenvalue weighted by Crippen LogP contribution is 2.31. The van der Waals surface area contributed by atoms with Crippen LogP contribution in [0, 0.1) is 23.0 Å². The van der Waals surface area contributed by atoms with E-state index >= 15 is 0 Å². The molecular weight excluding hydrogens is 345 g/mol. The zero-order chi connectivity index (χ0) is 17.0. The fraction of sp³-hybridized carbons (Fsp3) is 0.188. The van der Waals surface area contributed by atoms with Crippen molar-refractivity contribution in [2.24, 2.45) is 0 Å². The summed E-state index contributed by atoms with van der Waals surface area (Å²) in [7, 11) is 0. The zero-order valence-electron chi connectivity index (χ0n) is 11.8. The van der Waals surface area contributed by atoms with Crippen molar-refractivity contribution in [1.29, 1.82) is 5.26 Å². The SMILES string of the molecule is N#Cc1cc(Cl)c(C(O)CNCc2cc(F)cc(F)c2)c(Cl)c1. The molecule has 3 nitrogen and oxygen atoms in total. The van der Waals surface area contributed by atoms with E-state index in [0.29, 0.717) is 16.7 Å². The molecule has 2 N–H and O–H groups in total. The number of nitrogens with one attached hydrogen (secondary N) is 1. The average Bonchev–Trinajstić information content (AvgIpc) is 2.45. The second-order valence-corrected chi connectivity index (χ2v) is 5.70. The van der Waals surface area contributed by atoms with Crippen LogP contribution >= 0.6 is 23.2 Å². The minimum Gasteiger partial charge on any atom is -0.387 e. The van der Waals surface area contributed by atoms with E-state index < -0.39 is 17.7 Å². The van der Waals surface area contributed by atoms with Gasteiger partial charge in [-0.25, -0.2) is 8.78 Å². The van der Waals surface area contributed by atoms with E-state index in [4.69, 9.17) is 28.5 Å². The average molecular weight is 357 g/mol. The van der Waals surface area contributed by atoms with E-state index in [1.807, 2.05) is 6.07 Å². The first-order chi connectivity index (χ1) is 10.9. The number of rotatable bonds is 5. The fourth-order valence-corrected chi connectivity index (χ4v) is 2.87. The van der Waals surface area contributed by atoms with Gasteiger partial charge in [0.05, 0.1) is 17.7 Å². The Balaban J connectivity index is 2.03. The van der Waals surface area contributed by atoms with E-state index in [2.05, 4.69) is 5.32 Å². The molecule has 0 spiro atoms. The van der Waals surface area contributed by atoms with Gasteiger partial charge in [-0.05, 0) is 29.8 Å². The van der Waals surface area contributed by atoms with Gasteiger partial charge in [0, 0.05) is 34.8 Å². The molecule has 23 heavy (non-hydrogen) atoms. The zero-order valence-corrected chi connectivity index (χ0v) is 13.3. The third-order valence-corrected chi connectivity index (χ3v) is 3.76. The van der Waals surface area contributed by atoms with Crippen LogP contribution in [0.2, 0.25) is 10.0 Å². The molecule has 0 radical (unpaired) electrons. The van der Waals surface area contributed by atoms with Crippen molar-refractivity contribution in [3.63, 3.8) is 0 Å². The number of nitrogens with zero attached hydrogens (tertiary/aromatic N) is 1. The number of hydrogen-bond acceptors (Lipinski definition) is 3. The van der Waals surface area contributed by atoms with Crippen LogP contribution in [0.4, 0.5) is 8.78 Å². The van der Waals surface area contributed by atoms with Gasteiger partial charge in [0.15, 0.2) is 0 Å². The van der Waals surface area contributed by atoms with Crippen molar-refractivity contribution in [3.8, 4) is 6.07 Å². The monoisotopic (exact) mass is 356 g/mol. The Morgan fingerprint density at radius 2 is 1.65 bits per heavy atom. The third kappa shape index (κ3) is 4.63. The molecule has 2 rings (SSSR count). The summed E-state index contributed by atoms with van der Waals surface area (Å²) in [4.78, 5) is 0. The molecule has 0 aromatic heterocycles. The second kappa shape index (κ2) is 7.71. The quantitative estimate of drug-likeness (QED) is 0.852. The standard InChI is InChI=1S/C16H12Cl2F2N2O/c17-13-3-9(6-21)4-14(18)16(13)15(23)8-22-7-10-1-11(19)5-12(20)2-10/h1-5,15,22-23H,7-8H2. The summed E-state index contributed by atoms with van der Waals surface area (Å²) in [5, 5.41) is 22.2. The predicted octanol–water partition coefficient (Wildman–Crippen LogP) is 3.97. The van der Waals surface area contributed by atoms with Crippen LogP contribution in [0.1, 0.15) is 22.8 Å². The molecule has 0 bridgehead atoms. The molecule has 0 saturated heterocycles. The summed E-state index contributed by atoms with van der Waals surface area (Å²) in [5.41, 5.74) is 0.996. The molecule has 0 aliphatic rings. The van der Waals surface area contributed by atoms with Crippen LogP contribution in [0.3, 0.4) is 0 Å². The molecule has 0 heterocycles. The first kappa shape index (κ1) is 17.6. The topological polar surface area (TPSA) is 56.0 Å². The number of hydrogen-bond donors (Lipinski definition) is 2. The Hall–Kier alpha value is -1.71. The Morgan fingerprint density at radius 3 is 2.17 bits per heavy atom. The molecule has 0 aliphatic carbocycles. The van der Waals surface area contributed by atoms with Gasteiger partial charge >= 0.3 is 0 Å². The molecule has 2 aromatic rings. The third-order valence-electron chi connectivity index (χ3n) is 3.13. The molecule has 2 aromatic carbocycles. The summed E-state index contributed by atoms with van der Waals surface area (Å²) in [6.45, 7) is 0.237. The van der Waals surface area contributed by atoms with Crippen LogP contribution in [-0.4, -0.2) is 11.7 Å². The van der Waals surface area contributed by atoms with Crippen molar-refractivity contribution < 1.29 is 13.9 Å². The van der Waals surface area contributed by atoms with Crippen LogP contribution in [0.15, 0.2) is 30.3 Å². The maximum atomic E-state index is 13.1. The van der Waals surface area contributed by atoms with Crippen molar-refractivity contribution in [3.05, 3.63) is 68.7 Å². The van der Waals surface area contributed by atoms with Crippen LogP contribution in [0.5, 0.6) is 0 Å². The first-order valence-electron chi connectivity index (χ1n) is 6.63. The predicted molar refractivity (Wildman–Crippen MR) is 84.2 cm³/mol. The number of halogens is 4. The van der Waals surface area contributed by atoms with E-state index in [-0.39, 0.29) is 23.1 Å². The summed E-state index contributed by atoms with van der Waals surface area (Å²) in [6.07, 6.45) is -1.03. The van der Waals surface area contributed by atoms with Crippen molar-refractivity contribution in [2.75, 3.05) is 6.54 Å². The lowest BCUT2D eigenvalue weighted by Gasteiger charge is -2.15. The molecule has 0 amide bonds. The maximum Gasteiger partial charge on any atom is 0.126 e. The Bertz CT molecular complexity index is 719. The highest BCUT2D eigenvalue weighted by molar-refractivity contribution is 6.36. The van der Waals surface area contributed by atoms with Gasteiger partial charge in [0.25, 0.3) is 0 Å². The van der Waals surface area contributed by atoms with Gasteiger partial charge in [0.2, 0.25) is 0 Å². The van der Waals surface area contributed by atoms with E-state index in [0.717, 1.165) is 6.07 Å². The highest BCUT2D eigenvalue weighted by Gasteiger charge is 2.16. The van der Waals surface area contributed by atoms with Gasteiger partial charge in [-0.3, -0.25) is 0 Å². The fourth-order valence-electron chi connectivity index (χ4n) is 2.14. The van der Waals surface area contributed by atoms with Gasteiger partial charge in [-0.2, -0.15) is 5.26 Å². The molecule has 0 saturated carbocycles. The Morgan fingerprint density at radius 1 is 1.09 bits per heavy atom. The van der Waals surface area contributed by atoms with Crippen LogP contribution in [-0.2, 0) is 6.54 Å². The van der Waals surface area contributed by atoms with Crippen LogP contribution < -0.4 is 5.32 Å². The highest BCUT2D eigenvalue weighted by atomic mass is 35.5. The molecule has 0 aliphatic heterocycles. The van der Waals surface area contributed by atoms with Gasteiger partial charge < -0.3 is 10.4 Å². The van der Waals surface area contributed by atoms with E-state index in [9.17, 15) is 13.9 Å². The lowest BCUT2D eigenvalue weighted by molar-refractivity contribution is 0.174. The Labute approximate surface area is 142 Å². The lowest BCUT2D eigenvalue weighted by atomic mass is 10.1.